The van der Waals surface area contributed by atoms with E-state index in [-0.39, 0.29) is 5.75 Å². The molecule has 17 heavy (non-hydrogen) atoms. The van der Waals surface area contributed by atoms with Crippen LogP contribution in [0.4, 0.5) is 0 Å². The molecule has 0 aliphatic rings. The molecule has 6 heteroatoms. The Kier molecular flexibility index (Phi) is 3.86. The maximum Gasteiger partial charge on any atom is 0.184 e. The standard InChI is InChI=1S/C11H11NO2S3/c13-17(14,10-4-2-1-3-5-10)8-11-12-6-9(7-15)16-11/h1-6,15H,7-8H2. The Morgan fingerprint density at radius 3 is 2.53 bits per heavy atom. The normalized spacial score (nSPS) is 11.6. The molecule has 0 fully saturated rings. The molecule has 0 N–H and O–H groups in total. The molecule has 1 aromatic carbocycles. The van der Waals surface area contributed by atoms with Crippen LogP contribution in [-0.2, 0) is 21.3 Å². The number of hydrogen-bond acceptors (Lipinski definition) is 5. The Labute approximate surface area is 110 Å². The van der Waals surface area contributed by atoms with Crippen molar-refractivity contribution < 1.29 is 8.42 Å². The van der Waals surface area contributed by atoms with E-state index in [9.17, 15) is 8.42 Å². The molecule has 3 nitrogen and oxygen atoms in total. The van der Waals surface area contributed by atoms with E-state index in [2.05, 4.69) is 17.6 Å². The van der Waals surface area contributed by atoms with Crippen LogP contribution in [0, 0.1) is 0 Å². The molecule has 0 atom stereocenters. The Morgan fingerprint density at radius 2 is 1.94 bits per heavy atom. The van der Waals surface area contributed by atoms with Gasteiger partial charge in [-0.3, -0.25) is 0 Å². The van der Waals surface area contributed by atoms with Crippen LogP contribution in [0.1, 0.15) is 9.88 Å². The second-order valence-corrected chi connectivity index (χ2v) is 6.96. The third kappa shape index (κ3) is 3.08. The van der Waals surface area contributed by atoms with Crippen molar-refractivity contribution in [2.24, 2.45) is 0 Å². The van der Waals surface area contributed by atoms with Gasteiger partial charge in [-0.05, 0) is 12.1 Å². The average molecular weight is 285 g/mol. The Bertz CT molecular complexity index is 590. The number of hydrogen-bond donors (Lipinski definition) is 1. The van der Waals surface area contributed by atoms with E-state index in [1.54, 1.807) is 36.5 Å². The number of rotatable bonds is 4. The molecule has 0 aliphatic carbocycles. The maximum atomic E-state index is 12.0. The summed E-state index contributed by atoms with van der Waals surface area (Å²) < 4.78 is 24.1. The van der Waals surface area contributed by atoms with Crippen LogP contribution in [-0.4, -0.2) is 13.4 Å². The molecule has 0 unspecified atom stereocenters. The summed E-state index contributed by atoms with van der Waals surface area (Å²) in [7, 11) is -3.29. The van der Waals surface area contributed by atoms with Gasteiger partial charge in [-0.25, -0.2) is 13.4 Å². The van der Waals surface area contributed by atoms with Crippen LogP contribution in [0.25, 0.3) is 0 Å². The highest BCUT2D eigenvalue weighted by molar-refractivity contribution is 7.90. The summed E-state index contributed by atoms with van der Waals surface area (Å²) in [6.07, 6.45) is 1.67. The first-order chi connectivity index (χ1) is 8.12. The lowest BCUT2D eigenvalue weighted by atomic mass is 10.4. The quantitative estimate of drug-likeness (QED) is 0.878. The van der Waals surface area contributed by atoms with Crippen LogP contribution < -0.4 is 0 Å². The van der Waals surface area contributed by atoms with Gasteiger partial charge in [0.1, 0.15) is 10.8 Å². The zero-order valence-electron chi connectivity index (χ0n) is 8.91. The van der Waals surface area contributed by atoms with Crippen molar-refractivity contribution in [1.82, 2.24) is 4.98 Å². The molecular weight excluding hydrogens is 274 g/mol. The summed E-state index contributed by atoms with van der Waals surface area (Å²) in [5.74, 6) is 0.540. The van der Waals surface area contributed by atoms with Crippen LogP contribution >= 0.6 is 24.0 Å². The predicted octanol–water partition coefficient (Wildman–Crippen LogP) is 2.55. The smallest absolute Gasteiger partial charge is 0.184 e. The number of nitrogens with zero attached hydrogens (tertiary/aromatic N) is 1. The van der Waals surface area contributed by atoms with Gasteiger partial charge >= 0.3 is 0 Å². The lowest BCUT2D eigenvalue weighted by Gasteiger charge is -2.01. The highest BCUT2D eigenvalue weighted by Gasteiger charge is 2.16. The third-order valence-corrected chi connectivity index (χ3v) is 5.55. The van der Waals surface area contributed by atoms with Crippen molar-refractivity contribution in [2.45, 2.75) is 16.4 Å². The van der Waals surface area contributed by atoms with E-state index < -0.39 is 9.84 Å². The van der Waals surface area contributed by atoms with Crippen molar-refractivity contribution in [3.63, 3.8) is 0 Å². The van der Waals surface area contributed by atoms with Gasteiger partial charge in [0.2, 0.25) is 0 Å². The average Bonchev–Trinajstić information content (AvgIpc) is 2.77. The number of thiol groups is 1. The SMILES string of the molecule is O=S(=O)(Cc1ncc(CS)s1)c1ccccc1. The molecule has 0 saturated carbocycles. The Morgan fingerprint density at radius 1 is 1.24 bits per heavy atom. The monoisotopic (exact) mass is 285 g/mol. The van der Waals surface area contributed by atoms with E-state index in [0.29, 0.717) is 15.7 Å². The number of sulfone groups is 1. The van der Waals surface area contributed by atoms with Crippen molar-refractivity contribution in [3.8, 4) is 0 Å². The van der Waals surface area contributed by atoms with Crippen LogP contribution in [0.15, 0.2) is 41.4 Å². The zero-order valence-corrected chi connectivity index (χ0v) is 11.4. The van der Waals surface area contributed by atoms with Gasteiger partial charge in [0, 0.05) is 16.8 Å². The molecule has 90 valence electrons. The molecule has 1 heterocycles. The number of thiazole rings is 1. The Hall–Kier alpha value is -0.850. The first-order valence-corrected chi connectivity index (χ1v) is 8.04. The maximum absolute atomic E-state index is 12.0. The highest BCUT2D eigenvalue weighted by Crippen LogP contribution is 2.20. The number of benzene rings is 1. The van der Waals surface area contributed by atoms with Gasteiger partial charge in [-0.15, -0.1) is 11.3 Å². The van der Waals surface area contributed by atoms with Gasteiger partial charge in [0.05, 0.1) is 4.90 Å². The lowest BCUT2D eigenvalue weighted by molar-refractivity contribution is 0.595. The second-order valence-electron chi connectivity index (χ2n) is 3.45. The van der Waals surface area contributed by atoms with Gasteiger partial charge < -0.3 is 0 Å². The molecule has 2 aromatic rings. The van der Waals surface area contributed by atoms with E-state index in [1.807, 2.05) is 0 Å². The summed E-state index contributed by atoms with van der Waals surface area (Å²) >= 11 is 5.51. The van der Waals surface area contributed by atoms with Gasteiger partial charge in [-0.1, -0.05) is 18.2 Å². The van der Waals surface area contributed by atoms with Gasteiger partial charge in [0.15, 0.2) is 9.84 Å². The molecule has 0 radical (unpaired) electrons. The predicted molar refractivity (Wildman–Crippen MR) is 72.1 cm³/mol. The van der Waals surface area contributed by atoms with Crippen molar-refractivity contribution in [2.75, 3.05) is 0 Å². The molecule has 0 bridgehead atoms. The minimum Gasteiger partial charge on any atom is -0.248 e. The fourth-order valence-corrected chi connectivity index (χ4v) is 4.05. The first kappa shape index (κ1) is 12.6. The van der Waals surface area contributed by atoms with E-state index in [1.165, 1.54) is 11.3 Å². The fourth-order valence-electron chi connectivity index (χ4n) is 1.36. The van der Waals surface area contributed by atoms with Crippen molar-refractivity contribution >= 4 is 33.8 Å². The van der Waals surface area contributed by atoms with Gasteiger partial charge in [-0.2, -0.15) is 12.6 Å². The molecule has 0 spiro atoms. The van der Waals surface area contributed by atoms with Crippen molar-refractivity contribution in [3.05, 3.63) is 46.4 Å². The molecule has 2 rings (SSSR count). The van der Waals surface area contributed by atoms with E-state index >= 15 is 0 Å². The summed E-state index contributed by atoms with van der Waals surface area (Å²) in [4.78, 5) is 5.40. The summed E-state index contributed by atoms with van der Waals surface area (Å²) in [5.41, 5.74) is 0. The highest BCUT2D eigenvalue weighted by atomic mass is 32.2. The third-order valence-electron chi connectivity index (χ3n) is 2.17. The Balaban J connectivity index is 2.24. The minimum absolute atomic E-state index is 0.0462. The largest absolute Gasteiger partial charge is 0.248 e. The summed E-state index contributed by atoms with van der Waals surface area (Å²) in [6.45, 7) is 0. The topological polar surface area (TPSA) is 47.0 Å². The molecule has 0 saturated heterocycles. The van der Waals surface area contributed by atoms with Gasteiger partial charge in [0.25, 0.3) is 0 Å². The molecule has 0 aliphatic heterocycles. The second kappa shape index (κ2) is 5.20. The van der Waals surface area contributed by atoms with Crippen LogP contribution in [0.3, 0.4) is 0 Å². The molecule has 0 amide bonds. The van der Waals surface area contributed by atoms with Crippen molar-refractivity contribution in [1.29, 1.82) is 0 Å². The fraction of sp³-hybridized carbons (Fsp3) is 0.182. The minimum atomic E-state index is -3.29. The van der Waals surface area contributed by atoms with E-state index in [4.69, 9.17) is 0 Å². The first-order valence-electron chi connectivity index (χ1n) is 4.94. The van der Waals surface area contributed by atoms with Crippen LogP contribution in [0.5, 0.6) is 0 Å². The van der Waals surface area contributed by atoms with Crippen LogP contribution in [0.2, 0.25) is 0 Å². The van der Waals surface area contributed by atoms with E-state index in [0.717, 1.165) is 4.88 Å². The summed E-state index contributed by atoms with van der Waals surface area (Å²) in [5, 5.41) is 0.609. The zero-order chi connectivity index (χ0) is 12.3. The molecule has 1 aromatic heterocycles. The number of aromatic nitrogens is 1. The summed E-state index contributed by atoms with van der Waals surface area (Å²) in [6, 6.07) is 8.42. The molecular formula is C11H11NO2S3. The lowest BCUT2D eigenvalue weighted by Crippen LogP contribution is -2.04.